The number of carboxylic acid groups (broad SMARTS) is 1. The molecule has 0 unspecified atom stereocenters. The predicted octanol–water partition coefficient (Wildman–Crippen LogP) is 5.32. The topological polar surface area (TPSA) is 96.7 Å². The third kappa shape index (κ3) is 6.24. The van der Waals surface area contributed by atoms with E-state index in [1.807, 2.05) is 86.5 Å². The summed E-state index contributed by atoms with van der Waals surface area (Å²) in [6.07, 6.45) is 4.17. The SMILES string of the molecule is CC(C)(C)OC(=O)N[C@H]1CCN([C@H](Cc2cn(C(c3ccccc3)(c3ccccc3)c3ccccc3)cn2)C(=O)O)C1. The zero-order chi connectivity index (χ0) is 29.7. The fourth-order valence-corrected chi connectivity index (χ4v) is 5.87. The molecule has 1 amide bonds. The van der Waals surface area contributed by atoms with E-state index in [2.05, 4.69) is 46.3 Å². The number of rotatable bonds is 9. The molecule has 0 spiro atoms. The van der Waals surface area contributed by atoms with Crippen molar-refractivity contribution in [2.75, 3.05) is 13.1 Å². The van der Waals surface area contributed by atoms with Crippen molar-refractivity contribution in [3.63, 3.8) is 0 Å². The van der Waals surface area contributed by atoms with Gasteiger partial charge in [-0.15, -0.1) is 0 Å². The van der Waals surface area contributed by atoms with E-state index in [0.717, 1.165) is 16.7 Å². The van der Waals surface area contributed by atoms with E-state index < -0.39 is 29.2 Å². The molecule has 5 rings (SSSR count). The van der Waals surface area contributed by atoms with E-state index in [1.165, 1.54) is 0 Å². The van der Waals surface area contributed by atoms with E-state index in [4.69, 9.17) is 9.72 Å². The van der Waals surface area contributed by atoms with Gasteiger partial charge in [-0.1, -0.05) is 91.0 Å². The van der Waals surface area contributed by atoms with Gasteiger partial charge < -0.3 is 19.7 Å². The van der Waals surface area contributed by atoms with Crippen LogP contribution in [0.25, 0.3) is 0 Å². The monoisotopic (exact) mass is 566 g/mol. The number of hydrogen-bond donors (Lipinski definition) is 2. The third-order valence-corrected chi connectivity index (χ3v) is 7.67. The van der Waals surface area contributed by atoms with Crippen LogP contribution in [-0.4, -0.2) is 62.4 Å². The number of aromatic nitrogens is 2. The molecule has 0 aliphatic carbocycles. The maximum atomic E-state index is 12.5. The highest BCUT2D eigenvalue weighted by atomic mass is 16.6. The number of carbonyl (C=O) groups is 2. The van der Waals surface area contributed by atoms with Gasteiger partial charge in [0, 0.05) is 31.7 Å². The van der Waals surface area contributed by atoms with Gasteiger partial charge in [-0.2, -0.15) is 0 Å². The number of likely N-dealkylation sites (tertiary alicyclic amines) is 1. The largest absolute Gasteiger partial charge is 0.480 e. The summed E-state index contributed by atoms with van der Waals surface area (Å²) in [6.45, 7) is 6.43. The van der Waals surface area contributed by atoms with Crippen LogP contribution in [0.5, 0.6) is 0 Å². The maximum absolute atomic E-state index is 12.5. The van der Waals surface area contributed by atoms with Crippen LogP contribution in [0.2, 0.25) is 0 Å². The van der Waals surface area contributed by atoms with Crippen molar-refractivity contribution in [2.24, 2.45) is 0 Å². The van der Waals surface area contributed by atoms with Gasteiger partial charge in [0.15, 0.2) is 0 Å². The number of carboxylic acids is 1. The Morgan fingerprint density at radius 3 is 1.93 bits per heavy atom. The lowest BCUT2D eigenvalue weighted by Gasteiger charge is -2.37. The third-order valence-electron chi connectivity index (χ3n) is 7.67. The van der Waals surface area contributed by atoms with Crippen LogP contribution in [0.4, 0.5) is 4.79 Å². The number of benzene rings is 3. The van der Waals surface area contributed by atoms with Crippen molar-refractivity contribution in [3.8, 4) is 0 Å². The Balaban J connectivity index is 1.45. The Labute approximate surface area is 247 Å². The fraction of sp³-hybridized carbons (Fsp3) is 0.324. The van der Waals surface area contributed by atoms with E-state index in [1.54, 1.807) is 6.33 Å². The molecule has 2 N–H and O–H groups in total. The van der Waals surface area contributed by atoms with Crippen molar-refractivity contribution in [1.82, 2.24) is 19.8 Å². The number of hydrogen-bond acceptors (Lipinski definition) is 5. The molecule has 0 bridgehead atoms. The zero-order valence-corrected chi connectivity index (χ0v) is 24.3. The highest BCUT2D eigenvalue weighted by Gasteiger charge is 2.39. The fourth-order valence-electron chi connectivity index (χ4n) is 5.87. The van der Waals surface area contributed by atoms with Crippen LogP contribution in [0.1, 0.15) is 49.6 Å². The van der Waals surface area contributed by atoms with E-state index in [9.17, 15) is 14.7 Å². The Bertz CT molecular complexity index is 1390. The molecule has 4 aromatic rings. The summed E-state index contributed by atoms with van der Waals surface area (Å²) in [7, 11) is 0. The molecule has 1 aliphatic rings. The van der Waals surface area contributed by atoms with Crippen LogP contribution < -0.4 is 5.32 Å². The lowest BCUT2D eigenvalue weighted by atomic mass is 9.77. The molecule has 0 radical (unpaired) electrons. The molecule has 1 saturated heterocycles. The molecule has 1 fully saturated rings. The van der Waals surface area contributed by atoms with Crippen LogP contribution in [0.15, 0.2) is 104 Å². The second-order valence-corrected chi connectivity index (χ2v) is 11.8. The Morgan fingerprint density at radius 2 is 1.45 bits per heavy atom. The summed E-state index contributed by atoms with van der Waals surface area (Å²) in [6, 6.07) is 29.9. The van der Waals surface area contributed by atoms with Gasteiger partial charge in [0.05, 0.1) is 12.0 Å². The van der Waals surface area contributed by atoms with Gasteiger partial charge in [-0.05, 0) is 43.9 Å². The summed E-state index contributed by atoms with van der Waals surface area (Å²) < 4.78 is 7.48. The predicted molar refractivity (Wildman–Crippen MR) is 161 cm³/mol. The van der Waals surface area contributed by atoms with Crippen molar-refractivity contribution < 1.29 is 19.4 Å². The summed E-state index contributed by atoms with van der Waals surface area (Å²) in [5, 5.41) is 13.1. The molecule has 1 aliphatic heterocycles. The second-order valence-electron chi connectivity index (χ2n) is 11.8. The molecule has 8 nitrogen and oxygen atoms in total. The lowest BCUT2D eigenvalue weighted by Crippen LogP contribution is -2.45. The first-order chi connectivity index (χ1) is 20.2. The van der Waals surface area contributed by atoms with Crippen LogP contribution in [-0.2, 0) is 21.5 Å². The summed E-state index contributed by atoms with van der Waals surface area (Å²) in [5.74, 6) is -0.914. The van der Waals surface area contributed by atoms with Crippen molar-refractivity contribution >= 4 is 12.1 Å². The number of aliphatic carboxylic acids is 1. The first-order valence-electron chi connectivity index (χ1n) is 14.3. The van der Waals surface area contributed by atoms with Gasteiger partial charge in [0.2, 0.25) is 0 Å². The van der Waals surface area contributed by atoms with E-state index in [-0.39, 0.29) is 12.5 Å². The van der Waals surface area contributed by atoms with Crippen molar-refractivity contribution in [2.45, 2.75) is 56.8 Å². The Hall–Kier alpha value is -4.43. The summed E-state index contributed by atoms with van der Waals surface area (Å²) >= 11 is 0. The Kier molecular flexibility index (Phi) is 8.45. The van der Waals surface area contributed by atoms with Gasteiger partial charge in [-0.3, -0.25) is 9.69 Å². The van der Waals surface area contributed by atoms with Crippen molar-refractivity contribution in [3.05, 3.63) is 126 Å². The number of amides is 1. The second kappa shape index (κ2) is 12.2. The average molecular weight is 567 g/mol. The minimum absolute atomic E-state index is 0.179. The standard InChI is InChI=1S/C34H38N4O4/c1-33(2,3)42-32(41)36-28-19-20-37(22-28)30(31(39)40)21-29-23-38(24-35-29)34(25-13-7-4-8-14-25,26-15-9-5-10-16-26)27-17-11-6-12-18-27/h4-18,23-24,28,30H,19-22H2,1-3H3,(H,36,41)(H,39,40)/t28-,30+/m0/s1. The highest BCUT2D eigenvalue weighted by molar-refractivity contribution is 5.74. The summed E-state index contributed by atoms with van der Waals surface area (Å²) in [5.41, 5.74) is 2.56. The normalized spacial score (nSPS) is 16.6. The first-order valence-corrected chi connectivity index (χ1v) is 14.3. The number of ether oxygens (including phenoxy) is 1. The van der Waals surface area contributed by atoms with Gasteiger partial charge in [0.25, 0.3) is 0 Å². The minimum Gasteiger partial charge on any atom is -0.480 e. The lowest BCUT2D eigenvalue weighted by molar-refractivity contribution is -0.142. The molecule has 0 saturated carbocycles. The average Bonchev–Trinajstić information content (AvgIpc) is 3.63. The minimum atomic E-state index is -0.914. The van der Waals surface area contributed by atoms with Crippen molar-refractivity contribution in [1.29, 1.82) is 0 Å². The van der Waals surface area contributed by atoms with E-state index >= 15 is 0 Å². The quantitative estimate of drug-likeness (QED) is 0.266. The van der Waals surface area contributed by atoms with Gasteiger partial charge in [0.1, 0.15) is 17.2 Å². The van der Waals surface area contributed by atoms with Crippen LogP contribution in [0.3, 0.4) is 0 Å². The smallest absolute Gasteiger partial charge is 0.407 e. The molecular weight excluding hydrogens is 528 g/mol. The number of nitrogens with one attached hydrogen (secondary N) is 1. The molecule has 2 atom stereocenters. The van der Waals surface area contributed by atoms with Gasteiger partial charge in [-0.25, -0.2) is 9.78 Å². The molecule has 8 heteroatoms. The van der Waals surface area contributed by atoms with Crippen LogP contribution in [0, 0.1) is 0 Å². The molecule has 2 heterocycles. The summed E-state index contributed by atoms with van der Waals surface area (Å²) in [4.78, 5) is 31.4. The highest BCUT2D eigenvalue weighted by Crippen LogP contribution is 2.40. The molecular formula is C34H38N4O4. The maximum Gasteiger partial charge on any atom is 0.407 e. The number of nitrogens with zero attached hydrogens (tertiary/aromatic N) is 3. The van der Waals surface area contributed by atoms with Crippen LogP contribution >= 0.6 is 0 Å². The molecule has 1 aromatic heterocycles. The van der Waals surface area contributed by atoms with Gasteiger partial charge >= 0.3 is 12.1 Å². The van der Waals surface area contributed by atoms with E-state index in [0.29, 0.717) is 25.2 Å². The number of alkyl carbamates (subject to hydrolysis) is 1. The molecule has 42 heavy (non-hydrogen) atoms. The number of carbonyl (C=O) groups excluding carboxylic acids is 1. The molecule has 218 valence electrons. The first kappa shape index (κ1) is 29.1. The Morgan fingerprint density at radius 1 is 0.929 bits per heavy atom. The molecule has 3 aromatic carbocycles. The zero-order valence-electron chi connectivity index (χ0n) is 24.3. The number of imidazole rings is 1.